The maximum absolute atomic E-state index is 12.6. The smallest absolute Gasteiger partial charge is 0.225 e. The third kappa shape index (κ3) is 3.91. The molecule has 0 aromatic carbocycles. The van der Waals surface area contributed by atoms with Crippen molar-refractivity contribution < 1.29 is 4.79 Å². The molecule has 1 N–H and O–H groups in total. The normalized spacial score (nSPS) is 14.5. The molecule has 10 heteroatoms. The van der Waals surface area contributed by atoms with Crippen LogP contribution >= 0.6 is 23.6 Å². The fourth-order valence-electron chi connectivity index (χ4n) is 3.09. The molecule has 4 heterocycles. The number of nitrogens with zero attached hydrogens (tertiary/aromatic N) is 6. The van der Waals surface area contributed by atoms with Gasteiger partial charge in [0.15, 0.2) is 10.6 Å². The lowest BCUT2D eigenvalue weighted by Crippen LogP contribution is -2.49. The second-order valence-corrected chi connectivity index (χ2v) is 7.48. The Bertz CT molecular complexity index is 943. The summed E-state index contributed by atoms with van der Waals surface area (Å²) in [6.07, 6.45) is 3.87. The molecule has 0 radical (unpaired) electrons. The van der Waals surface area contributed by atoms with Crippen LogP contribution in [0.25, 0.3) is 10.7 Å². The Morgan fingerprint density at radius 2 is 1.96 bits per heavy atom. The Morgan fingerprint density at radius 1 is 1.19 bits per heavy atom. The van der Waals surface area contributed by atoms with E-state index < -0.39 is 0 Å². The number of piperazine rings is 1. The average Bonchev–Trinajstić information content (AvgIpc) is 3.37. The van der Waals surface area contributed by atoms with Crippen LogP contribution in [-0.2, 0) is 11.3 Å². The molecule has 0 bridgehead atoms. The summed E-state index contributed by atoms with van der Waals surface area (Å²) in [7, 11) is 0. The van der Waals surface area contributed by atoms with E-state index in [1.54, 1.807) is 29.8 Å². The fraction of sp³-hybridized carbons (Fsp3) is 0.353. The van der Waals surface area contributed by atoms with Crippen molar-refractivity contribution in [1.29, 1.82) is 0 Å². The summed E-state index contributed by atoms with van der Waals surface area (Å²) in [6, 6.07) is 5.77. The van der Waals surface area contributed by atoms with E-state index in [2.05, 4.69) is 25.1 Å². The van der Waals surface area contributed by atoms with Crippen LogP contribution in [0.3, 0.4) is 0 Å². The highest BCUT2D eigenvalue weighted by Crippen LogP contribution is 2.23. The monoisotopic (exact) mass is 401 g/mol. The van der Waals surface area contributed by atoms with Crippen molar-refractivity contribution in [3.05, 3.63) is 40.7 Å². The van der Waals surface area contributed by atoms with E-state index in [1.165, 1.54) is 0 Å². The van der Waals surface area contributed by atoms with Gasteiger partial charge in [-0.3, -0.25) is 14.5 Å². The molecule has 1 fully saturated rings. The molecule has 1 saturated heterocycles. The lowest BCUT2D eigenvalue weighted by molar-refractivity contribution is -0.131. The first-order chi connectivity index (χ1) is 13.2. The number of aromatic amines is 1. The predicted octanol–water partition coefficient (Wildman–Crippen LogP) is 2.20. The molecular weight excluding hydrogens is 382 g/mol. The molecule has 4 rings (SSSR count). The first kappa shape index (κ1) is 17.8. The van der Waals surface area contributed by atoms with Gasteiger partial charge in [0.25, 0.3) is 0 Å². The summed E-state index contributed by atoms with van der Waals surface area (Å²) < 4.78 is 2.44. The second kappa shape index (κ2) is 7.97. The molecule has 1 aliphatic heterocycles. The van der Waals surface area contributed by atoms with E-state index in [1.807, 2.05) is 27.0 Å². The Balaban J connectivity index is 1.35. The molecule has 8 nitrogen and oxygen atoms in total. The van der Waals surface area contributed by atoms with Crippen LogP contribution in [0.2, 0.25) is 0 Å². The van der Waals surface area contributed by atoms with Crippen molar-refractivity contribution in [1.82, 2.24) is 29.6 Å². The molecule has 0 saturated carbocycles. The van der Waals surface area contributed by atoms with Crippen molar-refractivity contribution in [2.24, 2.45) is 0 Å². The van der Waals surface area contributed by atoms with E-state index in [9.17, 15) is 4.79 Å². The fourth-order valence-corrected chi connectivity index (χ4v) is 4.04. The van der Waals surface area contributed by atoms with Gasteiger partial charge < -0.3 is 9.80 Å². The number of hydrogen-bond acceptors (Lipinski definition) is 7. The number of H-pyrrole nitrogens is 1. The molecule has 27 heavy (non-hydrogen) atoms. The van der Waals surface area contributed by atoms with E-state index in [4.69, 9.17) is 12.2 Å². The van der Waals surface area contributed by atoms with Gasteiger partial charge in [0.2, 0.25) is 11.9 Å². The topological polar surface area (TPSA) is 82.9 Å². The van der Waals surface area contributed by atoms with Gasteiger partial charge in [0.1, 0.15) is 0 Å². The number of amides is 1. The maximum Gasteiger partial charge on any atom is 0.225 e. The number of carbonyl (C=O) groups excluding carboxylic acids is 1. The molecule has 0 atom stereocenters. The van der Waals surface area contributed by atoms with Crippen molar-refractivity contribution in [3.8, 4) is 10.7 Å². The van der Waals surface area contributed by atoms with Crippen LogP contribution in [0.15, 0.2) is 36.0 Å². The molecule has 140 valence electrons. The third-order valence-corrected chi connectivity index (χ3v) is 5.69. The summed E-state index contributed by atoms with van der Waals surface area (Å²) in [4.78, 5) is 26.2. The average molecular weight is 402 g/mol. The summed E-state index contributed by atoms with van der Waals surface area (Å²) in [6.45, 7) is 3.34. The summed E-state index contributed by atoms with van der Waals surface area (Å²) in [5, 5.41) is 9.13. The van der Waals surface area contributed by atoms with E-state index in [0.717, 1.165) is 29.7 Å². The number of nitrogens with one attached hydrogen (secondary N) is 1. The zero-order valence-corrected chi connectivity index (χ0v) is 16.2. The van der Waals surface area contributed by atoms with Gasteiger partial charge >= 0.3 is 0 Å². The van der Waals surface area contributed by atoms with Crippen LogP contribution < -0.4 is 4.90 Å². The number of hydrogen-bond donors (Lipinski definition) is 1. The third-order valence-electron chi connectivity index (χ3n) is 4.52. The summed E-state index contributed by atoms with van der Waals surface area (Å²) >= 11 is 6.93. The Kier molecular flexibility index (Phi) is 5.26. The molecule has 1 aliphatic rings. The number of aromatic nitrogens is 5. The van der Waals surface area contributed by atoms with Crippen LogP contribution in [0.5, 0.6) is 0 Å². The van der Waals surface area contributed by atoms with Crippen molar-refractivity contribution in [2.45, 2.75) is 13.0 Å². The lowest BCUT2D eigenvalue weighted by atomic mass is 10.2. The van der Waals surface area contributed by atoms with E-state index >= 15 is 0 Å². The van der Waals surface area contributed by atoms with E-state index in [-0.39, 0.29) is 5.91 Å². The molecular formula is C17H19N7OS2. The molecule has 0 aliphatic carbocycles. The van der Waals surface area contributed by atoms with Crippen LogP contribution in [0.1, 0.15) is 6.42 Å². The van der Waals surface area contributed by atoms with Gasteiger partial charge in [0.05, 0.1) is 4.88 Å². The van der Waals surface area contributed by atoms with Gasteiger partial charge in [-0.05, 0) is 29.7 Å². The standard InChI is InChI=1S/C17H19N7OS2/c25-14(22-8-10-23(11-9-22)16-18-5-2-6-19-16)4-7-24-15(20-21-17(24)26)13-3-1-12-27-13/h1-3,5-6,12H,4,7-11H2,(H,21,26). The highest BCUT2D eigenvalue weighted by Gasteiger charge is 2.22. The van der Waals surface area contributed by atoms with Crippen molar-refractivity contribution in [3.63, 3.8) is 0 Å². The largest absolute Gasteiger partial charge is 0.339 e. The zero-order valence-electron chi connectivity index (χ0n) is 14.6. The lowest BCUT2D eigenvalue weighted by Gasteiger charge is -2.34. The SMILES string of the molecule is O=C(CCn1c(-c2cccs2)n[nH]c1=S)N1CCN(c2ncccn2)CC1. The minimum atomic E-state index is 0.129. The minimum Gasteiger partial charge on any atom is -0.339 e. The summed E-state index contributed by atoms with van der Waals surface area (Å²) in [5.41, 5.74) is 0. The quantitative estimate of drug-likeness (QED) is 0.660. The predicted molar refractivity (Wildman–Crippen MR) is 106 cm³/mol. The van der Waals surface area contributed by atoms with Gasteiger partial charge in [-0.1, -0.05) is 6.07 Å². The molecule has 0 unspecified atom stereocenters. The number of rotatable bonds is 5. The maximum atomic E-state index is 12.6. The highest BCUT2D eigenvalue weighted by atomic mass is 32.1. The molecule has 0 spiro atoms. The molecule has 3 aromatic rings. The van der Waals surface area contributed by atoms with Gasteiger partial charge in [-0.15, -0.1) is 11.3 Å². The number of thiophene rings is 1. The number of anilines is 1. The molecule has 1 amide bonds. The van der Waals surface area contributed by atoms with Crippen LogP contribution in [0.4, 0.5) is 5.95 Å². The Labute approximate surface area is 165 Å². The van der Waals surface area contributed by atoms with E-state index in [0.29, 0.717) is 30.8 Å². The summed E-state index contributed by atoms with van der Waals surface area (Å²) in [5.74, 6) is 1.63. The Morgan fingerprint density at radius 3 is 2.67 bits per heavy atom. The molecule has 3 aromatic heterocycles. The van der Waals surface area contributed by atoms with Gasteiger partial charge in [0, 0.05) is 51.5 Å². The van der Waals surface area contributed by atoms with Gasteiger partial charge in [-0.2, -0.15) is 5.10 Å². The minimum absolute atomic E-state index is 0.129. The Hall–Kier alpha value is -2.59. The first-order valence-electron chi connectivity index (χ1n) is 8.71. The van der Waals surface area contributed by atoms with Crippen LogP contribution in [0, 0.1) is 4.77 Å². The van der Waals surface area contributed by atoms with Crippen molar-refractivity contribution in [2.75, 3.05) is 31.1 Å². The zero-order chi connectivity index (χ0) is 18.6. The van der Waals surface area contributed by atoms with Crippen molar-refractivity contribution >= 4 is 35.4 Å². The second-order valence-electron chi connectivity index (χ2n) is 6.15. The first-order valence-corrected chi connectivity index (χ1v) is 10.00. The number of carbonyl (C=O) groups is 1. The van der Waals surface area contributed by atoms with Gasteiger partial charge in [-0.25, -0.2) is 9.97 Å². The highest BCUT2D eigenvalue weighted by molar-refractivity contribution is 7.71. The van der Waals surface area contributed by atoms with Crippen LogP contribution in [-0.4, -0.2) is 61.7 Å².